The quantitative estimate of drug-likeness (QED) is 0.480. The van der Waals surface area contributed by atoms with Gasteiger partial charge in [0.2, 0.25) is 0 Å². The van der Waals surface area contributed by atoms with E-state index in [-0.39, 0.29) is 30.5 Å². The number of carboxylic acids is 1. The molecule has 0 aromatic carbocycles. The molecule has 1 N–H and O–H groups in total. The lowest BCUT2D eigenvalue weighted by molar-refractivity contribution is -0.389. The SMILES string of the molecule is CC1(C)Oc2ccc([N+](=O)[O-])nc2N(CCCCC(=O)O)C1=O. The molecule has 1 aromatic rings. The fourth-order valence-electron chi connectivity index (χ4n) is 2.29. The lowest BCUT2D eigenvalue weighted by atomic mass is 10.0. The number of nitrogens with zero attached hydrogens (tertiary/aromatic N) is 3. The van der Waals surface area contributed by atoms with E-state index in [1.807, 2.05) is 0 Å². The zero-order chi connectivity index (χ0) is 17.2. The van der Waals surface area contributed by atoms with Crippen molar-refractivity contribution in [2.24, 2.45) is 0 Å². The number of ether oxygens (including phenoxy) is 1. The van der Waals surface area contributed by atoms with E-state index in [1.165, 1.54) is 17.0 Å². The van der Waals surface area contributed by atoms with Crippen LogP contribution in [0.15, 0.2) is 12.1 Å². The van der Waals surface area contributed by atoms with Gasteiger partial charge in [-0.25, -0.2) is 0 Å². The summed E-state index contributed by atoms with van der Waals surface area (Å²) in [7, 11) is 0. The lowest BCUT2D eigenvalue weighted by Crippen LogP contribution is -2.53. The predicted molar refractivity (Wildman–Crippen MR) is 79.4 cm³/mol. The van der Waals surface area contributed by atoms with E-state index < -0.39 is 16.5 Å². The van der Waals surface area contributed by atoms with Gasteiger partial charge in [0.1, 0.15) is 0 Å². The summed E-state index contributed by atoms with van der Waals surface area (Å²) < 4.78 is 5.57. The summed E-state index contributed by atoms with van der Waals surface area (Å²) in [6.07, 6.45) is 0.833. The van der Waals surface area contributed by atoms with Crippen molar-refractivity contribution in [3.8, 4) is 5.75 Å². The van der Waals surface area contributed by atoms with E-state index in [9.17, 15) is 19.7 Å². The van der Waals surface area contributed by atoms with E-state index in [0.29, 0.717) is 18.6 Å². The molecule has 1 aliphatic rings. The van der Waals surface area contributed by atoms with Crippen LogP contribution in [0.3, 0.4) is 0 Å². The minimum absolute atomic E-state index is 0.00283. The number of carbonyl (C=O) groups is 2. The van der Waals surface area contributed by atoms with Crippen LogP contribution in [-0.4, -0.2) is 39.0 Å². The molecule has 23 heavy (non-hydrogen) atoms. The van der Waals surface area contributed by atoms with Crippen molar-refractivity contribution in [1.82, 2.24) is 4.98 Å². The van der Waals surface area contributed by atoms with Crippen molar-refractivity contribution in [1.29, 1.82) is 0 Å². The molecule has 2 rings (SSSR count). The number of amides is 1. The maximum absolute atomic E-state index is 12.5. The Bertz CT molecular complexity index is 658. The highest BCUT2D eigenvalue weighted by Crippen LogP contribution is 2.37. The third-order valence-corrected chi connectivity index (χ3v) is 3.42. The molecule has 124 valence electrons. The summed E-state index contributed by atoms with van der Waals surface area (Å²) in [6, 6.07) is 2.63. The van der Waals surface area contributed by atoms with Gasteiger partial charge < -0.3 is 20.0 Å². The zero-order valence-electron chi connectivity index (χ0n) is 12.8. The van der Waals surface area contributed by atoms with Gasteiger partial charge in [-0.3, -0.25) is 14.5 Å². The molecule has 0 atom stereocenters. The number of hydrogen-bond acceptors (Lipinski definition) is 6. The van der Waals surface area contributed by atoms with Gasteiger partial charge in [-0.05, 0) is 42.7 Å². The van der Waals surface area contributed by atoms with Crippen molar-refractivity contribution in [2.45, 2.75) is 38.7 Å². The van der Waals surface area contributed by atoms with Crippen LogP contribution in [0.2, 0.25) is 0 Å². The minimum atomic E-state index is -1.11. The molecule has 9 heteroatoms. The third kappa shape index (κ3) is 3.55. The number of fused-ring (bicyclic) bond motifs is 1. The molecule has 0 unspecified atom stereocenters. The molecule has 0 saturated carbocycles. The van der Waals surface area contributed by atoms with Crippen LogP contribution in [0.5, 0.6) is 5.75 Å². The fourth-order valence-corrected chi connectivity index (χ4v) is 2.29. The van der Waals surface area contributed by atoms with Crippen LogP contribution in [0, 0.1) is 10.1 Å². The van der Waals surface area contributed by atoms with Gasteiger partial charge in [0.05, 0.1) is 0 Å². The van der Waals surface area contributed by atoms with Crippen LogP contribution in [0.25, 0.3) is 0 Å². The van der Waals surface area contributed by atoms with Gasteiger partial charge in [0.15, 0.2) is 11.4 Å². The number of unbranched alkanes of at least 4 members (excludes halogenated alkanes) is 1. The molecule has 0 radical (unpaired) electrons. The van der Waals surface area contributed by atoms with Crippen LogP contribution in [-0.2, 0) is 9.59 Å². The molecule has 1 aromatic heterocycles. The molecule has 0 fully saturated rings. The number of nitro groups is 1. The summed E-state index contributed by atoms with van der Waals surface area (Å²) in [5.74, 6) is -1.27. The van der Waals surface area contributed by atoms with Crippen molar-refractivity contribution in [3.63, 3.8) is 0 Å². The number of aliphatic carboxylic acids is 1. The first-order chi connectivity index (χ1) is 10.7. The predicted octanol–water partition coefficient (Wildman–Crippen LogP) is 1.75. The Morgan fingerprint density at radius 3 is 2.74 bits per heavy atom. The van der Waals surface area contributed by atoms with Crippen molar-refractivity contribution >= 4 is 23.5 Å². The van der Waals surface area contributed by atoms with Gasteiger partial charge in [-0.15, -0.1) is 0 Å². The van der Waals surface area contributed by atoms with Crippen molar-refractivity contribution in [2.75, 3.05) is 11.4 Å². The van der Waals surface area contributed by atoms with E-state index in [0.717, 1.165) is 0 Å². The number of anilines is 1. The molecule has 2 heterocycles. The molecular weight excluding hydrogens is 306 g/mol. The van der Waals surface area contributed by atoms with E-state index in [4.69, 9.17) is 9.84 Å². The third-order valence-electron chi connectivity index (χ3n) is 3.42. The number of carboxylic acid groups (broad SMARTS) is 1. The Hall–Kier alpha value is -2.71. The second-order valence-electron chi connectivity index (χ2n) is 5.67. The lowest BCUT2D eigenvalue weighted by Gasteiger charge is -2.35. The topological polar surface area (TPSA) is 123 Å². The average molecular weight is 323 g/mol. The van der Waals surface area contributed by atoms with E-state index in [1.54, 1.807) is 13.8 Å². The molecular formula is C14H17N3O6. The fraction of sp³-hybridized carbons (Fsp3) is 0.500. The van der Waals surface area contributed by atoms with Crippen molar-refractivity contribution < 1.29 is 24.4 Å². The van der Waals surface area contributed by atoms with Gasteiger partial charge in [0.25, 0.3) is 11.7 Å². The molecule has 0 spiro atoms. The first kappa shape index (κ1) is 16.7. The minimum Gasteiger partial charge on any atom is -0.481 e. The summed E-state index contributed by atoms with van der Waals surface area (Å²) in [5, 5.41) is 19.5. The number of rotatable bonds is 6. The van der Waals surface area contributed by atoms with Gasteiger partial charge in [0, 0.05) is 19.0 Å². The van der Waals surface area contributed by atoms with Gasteiger partial charge >= 0.3 is 11.8 Å². The standard InChI is InChI=1S/C14H17N3O6/c1-14(2)13(20)16(8-4-3-5-11(18)19)12-9(23-14)6-7-10(15-12)17(21)22/h6-7H,3-5,8H2,1-2H3,(H,18,19). The van der Waals surface area contributed by atoms with Crippen LogP contribution >= 0.6 is 0 Å². The zero-order valence-corrected chi connectivity index (χ0v) is 12.8. The monoisotopic (exact) mass is 323 g/mol. The number of carbonyl (C=O) groups excluding carboxylic acids is 1. The smallest absolute Gasteiger partial charge is 0.366 e. The maximum Gasteiger partial charge on any atom is 0.366 e. The number of hydrogen-bond donors (Lipinski definition) is 1. The van der Waals surface area contributed by atoms with Gasteiger partial charge in [-0.2, -0.15) is 0 Å². The molecule has 1 amide bonds. The van der Waals surface area contributed by atoms with Crippen LogP contribution in [0.1, 0.15) is 33.1 Å². The molecule has 9 nitrogen and oxygen atoms in total. The Morgan fingerprint density at radius 2 is 2.13 bits per heavy atom. The molecule has 0 bridgehead atoms. The number of aromatic nitrogens is 1. The van der Waals surface area contributed by atoms with E-state index >= 15 is 0 Å². The van der Waals surface area contributed by atoms with Crippen LogP contribution in [0.4, 0.5) is 11.6 Å². The highest BCUT2D eigenvalue weighted by molar-refractivity contribution is 6.01. The molecule has 1 aliphatic heterocycles. The molecule has 0 saturated heterocycles. The second-order valence-corrected chi connectivity index (χ2v) is 5.67. The summed E-state index contributed by atoms with van der Waals surface area (Å²) in [6.45, 7) is 3.42. The number of pyridine rings is 1. The second kappa shape index (κ2) is 6.19. The van der Waals surface area contributed by atoms with Crippen molar-refractivity contribution in [3.05, 3.63) is 22.2 Å². The highest BCUT2D eigenvalue weighted by atomic mass is 16.6. The highest BCUT2D eigenvalue weighted by Gasteiger charge is 2.44. The summed E-state index contributed by atoms with van der Waals surface area (Å²) in [5.41, 5.74) is -1.11. The summed E-state index contributed by atoms with van der Waals surface area (Å²) in [4.78, 5) is 38.5. The van der Waals surface area contributed by atoms with Gasteiger partial charge in [-0.1, -0.05) is 0 Å². The Kier molecular flexibility index (Phi) is 4.48. The van der Waals surface area contributed by atoms with E-state index in [2.05, 4.69) is 4.98 Å². The van der Waals surface area contributed by atoms with Crippen LogP contribution < -0.4 is 9.64 Å². The Morgan fingerprint density at radius 1 is 1.43 bits per heavy atom. The maximum atomic E-state index is 12.5. The largest absolute Gasteiger partial charge is 0.481 e. The first-order valence-corrected chi connectivity index (χ1v) is 7.10. The normalized spacial score (nSPS) is 15.7. The summed E-state index contributed by atoms with van der Waals surface area (Å²) >= 11 is 0. The Balaban J connectivity index is 2.28. The first-order valence-electron chi connectivity index (χ1n) is 7.10. The average Bonchev–Trinajstić information content (AvgIpc) is 2.45. The Labute approximate surface area is 132 Å². The molecule has 0 aliphatic carbocycles.